The van der Waals surface area contributed by atoms with Crippen LogP contribution in [0, 0.1) is 22.7 Å². The lowest BCUT2D eigenvalue weighted by Crippen LogP contribution is -2.12. The van der Waals surface area contributed by atoms with Crippen LogP contribution in [0.3, 0.4) is 0 Å². The molecular weight excluding hydrogens is 428 g/mol. The third-order valence-electron chi connectivity index (χ3n) is 5.13. The first-order valence-electron chi connectivity index (χ1n) is 10.5. The number of nitrogens with one attached hydrogen (secondary N) is 1. The molecule has 4 heterocycles. The average molecular weight is 446 g/mol. The lowest BCUT2D eigenvalue weighted by molar-refractivity contribution is 0.802. The van der Waals surface area contributed by atoms with E-state index < -0.39 is 0 Å². The maximum atomic E-state index is 9.41. The van der Waals surface area contributed by atoms with Gasteiger partial charge in [-0.15, -0.1) is 5.10 Å². The van der Waals surface area contributed by atoms with Gasteiger partial charge in [0.2, 0.25) is 0 Å². The Labute approximate surface area is 194 Å². The van der Waals surface area contributed by atoms with Crippen molar-refractivity contribution >= 4 is 16.7 Å². The molecule has 0 saturated heterocycles. The van der Waals surface area contributed by atoms with E-state index in [9.17, 15) is 5.26 Å². The third kappa shape index (κ3) is 3.70. The summed E-state index contributed by atoms with van der Waals surface area (Å²) in [5, 5.41) is 35.7. The molecule has 164 valence electrons. The number of fused-ring (bicyclic) bond motifs is 1. The van der Waals surface area contributed by atoms with Gasteiger partial charge in [0.15, 0.2) is 11.5 Å². The van der Waals surface area contributed by atoms with Crippen molar-refractivity contribution in [1.29, 1.82) is 10.5 Å². The molecule has 0 amide bonds. The van der Waals surface area contributed by atoms with Crippen molar-refractivity contribution in [3.05, 3.63) is 72.3 Å². The molecule has 10 heteroatoms. The zero-order valence-electron chi connectivity index (χ0n) is 18.4. The van der Waals surface area contributed by atoms with Crippen molar-refractivity contribution in [1.82, 2.24) is 34.7 Å². The van der Waals surface area contributed by atoms with E-state index in [1.807, 2.05) is 38.1 Å². The molecule has 5 aromatic rings. The van der Waals surface area contributed by atoms with Crippen molar-refractivity contribution in [2.75, 3.05) is 5.32 Å². The summed E-state index contributed by atoms with van der Waals surface area (Å²) in [5.41, 5.74) is 4.40. The zero-order valence-corrected chi connectivity index (χ0v) is 18.4. The molecule has 0 fully saturated rings. The lowest BCUT2D eigenvalue weighted by atomic mass is 10.1. The van der Waals surface area contributed by atoms with Crippen LogP contribution in [0.5, 0.6) is 0 Å². The summed E-state index contributed by atoms with van der Waals surface area (Å²) < 4.78 is 3.21. The van der Waals surface area contributed by atoms with Crippen molar-refractivity contribution in [3.8, 4) is 34.9 Å². The molecular formula is C24H18N10. The number of nitriles is 2. The van der Waals surface area contributed by atoms with Gasteiger partial charge in [-0.25, -0.2) is 14.6 Å². The van der Waals surface area contributed by atoms with Crippen LogP contribution in [0.4, 0.5) is 5.69 Å². The Kier molecular flexibility index (Phi) is 5.17. The van der Waals surface area contributed by atoms with Gasteiger partial charge < -0.3 is 5.32 Å². The molecule has 0 unspecified atom stereocenters. The van der Waals surface area contributed by atoms with E-state index in [2.05, 4.69) is 42.8 Å². The molecule has 0 radical (unpaired) electrons. The van der Waals surface area contributed by atoms with Crippen LogP contribution in [0.15, 0.2) is 61.2 Å². The second-order valence-corrected chi connectivity index (χ2v) is 7.87. The van der Waals surface area contributed by atoms with E-state index in [4.69, 9.17) is 5.26 Å². The summed E-state index contributed by atoms with van der Waals surface area (Å²) in [6.07, 6.45) is 6.65. The van der Waals surface area contributed by atoms with Gasteiger partial charge in [-0.3, -0.25) is 0 Å². The Bertz CT molecular complexity index is 1600. The van der Waals surface area contributed by atoms with Gasteiger partial charge in [0.1, 0.15) is 17.8 Å². The molecule has 10 nitrogen and oxygen atoms in total. The van der Waals surface area contributed by atoms with Gasteiger partial charge in [-0.05, 0) is 32.0 Å². The highest BCUT2D eigenvalue weighted by molar-refractivity contribution is 5.79. The first-order chi connectivity index (χ1) is 16.6. The van der Waals surface area contributed by atoms with Crippen molar-refractivity contribution in [2.24, 2.45) is 0 Å². The minimum Gasteiger partial charge on any atom is -0.382 e. The number of benzene rings is 1. The predicted octanol–water partition coefficient (Wildman–Crippen LogP) is 3.63. The Hall–Kier alpha value is -5.09. The quantitative estimate of drug-likeness (QED) is 0.432. The summed E-state index contributed by atoms with van der Waals surface area (Å²) >= 11 is 0. The fourth-order valence-electron chi connectivity index (χ4n) is 3.62. The number of pyridine rings is 2. The van der Waals surface area contributed by atoms with Crippen molar-refractivity contribution < 1.29 is 0 Å². The maximum Gasteiger partial charge on any atom is 0.164 e. The number of aromatic nitrogens is 7. The van der Waals surface area contributed by atoms with Gasteiger partial charge >= 0.3 is 0 Å². The lowest BCUT2D eigenvalue weighted by Gasteiger charge is -2.14. The number of hydrogen-bond donors (Lipinski definition) is 1. The molecule has 0 bridgehead atoms. The smallest absolute Gasteiger partial charge is 0.164 e. The monoisotopic (exact) mass is 446 g/mol. The van der Waals surface area contributed by atoms with Crippen LogP contribution in [-0.2, 0) is 0 Å². The summed E-state index contributed by atoms with van der Waals surface area (Å²) in [5.74, 6) is 0.571. The Morgan fingerprint density at radius 1 is 1.00 bits per heavy atom. The summed E-state index contributed by atoms with van der Waals surface area (Å²) in [4.78, 5) is 8.98. The van der Waals surface area contributed by atoms with Crippen LogP contribution >= 0.6 is 0 Å². The number of nitrogens with zero attached hydrogens (tertiary/aromatic N) is 9. The minimum atomic E-state index is 0.147. The van der Waals surface area contributed by atoms with Crippen LogP contribution in [0.1, 0.15) is 25.0 Å². The van der Waals surface area contributed by atoms with E-state index in [0.29, 0.717) is 34.0 Å². The average Bonchev–Trinajstić information content (AvgIpc) is 3.50. The molecule has 0 aliphatic rings. The SMILES string of the molecule is CC(C)Nc1cc(-n2ncc3cc(C#N)cnc32)ncc1-c1cn(-c2ccccc2C#N)nn1. The highest BCUT2D eigenvalue weighted by Gasteiger charge is 2.16. The van der Waals surface area contributed by atoms with Gasteiger partial charge in [0.25, 0.3) is 0 Å². The normalized spacial score (nSPS) is 10.9. The summed E-state index contributed by atoms with van der Waals surface area (Å²) in [7, 11) is 0. The highest BCUT2D eigenvalue weighted by atomic mass is 15.4. The molecule has 5 rings (SSSR count). The molecule has 1 aromatic carbocycles. The standard InChI is InChI=1S/C24H18N10/c1-15(2)30-20-8-23(34-24-18(12-29-34)7-16(9-25)11-28-24)27-13-19(20)21-14-33(32-31-21)22-6-4-3-5-17(22)10-26/h3-8,11-15H,1-2H3,(H,27,30). The van der Waals surface area contributed by atoms with E-state index in [1.165, 1.54) is 6.20 Å². The Morgan fingerprint density at radius 3 is 2.65 bits per heavy atom. The first kappa shape index (κ1) is 20.8. The van der Waals surface area contributed by atoms with Crippen LogP contribution in [0.2, 0.25) is 0 Å². The maximum absolute atomic E-state index is 9.41. The fourth-order valence-corrected chi connectivity index (χ4v) is 3.62. The van der Waals surface area contributed by atoms with Gasteiger partial charge in [-0.1, -0.05) is 17.3 Å². The third-order valence-corrected chi connectivity index (χ3v) is 5.13. The number of rotatable bonds is 5. The van der Waals surface area contributed by atoms with Crippen LogP contribution in [0.25, 0.3) is 33.8 Å². The molecule has 0 aliphatic heterocycles. The number of hydrogen-bond acceptors (Lipinski definition) is 8. The number of para-hydroxylation sites is 1. The van der Waals surface area contributed by atoms with Crippen molar-refractivity contribution in [3.63, 3.8) is 0 Å². The molecule has 1 N–H and O–H groups in total. The van der Waals surface area contributed by atoms with Crippen LogP contribution < -0.4 is 5.32 Å². The minimum absolute atomic E-state index is 0.147. The molecule has 34 heavy (non-hydrogen) atoms. The second kappa shape index (κ2) is 8.45. The first-order valence-corrected chi connectivity index (χ1v) is 10.5. The van der Waals surface area contributed by atoms with E-state index >= 15 is 0 Å². The topological polar surface area (TPSA) is 134 Å². The Balaban J connectivity index is 1.58. The molecule has 0 aliphatic carbocycles. The molecule has 0 atom stereocenters. The summed E-state index contributed by atoms with van der Waals surface area (Å²) in [6.45, 7) is 4.08. The highest BCUT2D eigenvalue weighted by Crippen LogP contribution is 2.29. The molecule has 4 aromatic heterocycles. The predicted molar refractivity (Wildman–Crippen MR) is 125 cm³/mol. The van der Waals surface area contributed by atoms with Crippen LogP contribution in [-0.4, -0.2) is 40.8 Å². The van der Waals surface area contributed by atoms with E-state index in [-0.39, 0.29) is 6.04 Å². The largest absolute Gasteiger partial charge is 0.382 e. The van der Waals surface area contributed by atoms with Gasteiger partial charge in [0.05, 0.1) is 29.2 Å². The number of anilines is 1. The van der Waals surface area contributed by atoms with E-state index in [0.717, 1.165) is 16.6 Å². The molecule has 0 saturated carbocycles. The summed E-state index contributed by atoms with van der Waals surface area (Å²) in [6, 6.07) is 15.2. The zero-order chi connectivity index (χ0) is 23.7. The molecule has 0 spiro atoms. The van der Waals surface area contributed by atoms with Crippen molar-refractivity contribution in [2.45, 2.75) is 19.9 Å². The second-order valence-electron chi connectivity index (χ2n) is 7.87. The Morgan fingerprint density at radius 2 is 1.85 bits per heavy atom. The van der Waals surface area contributed by atoms with Gasteiger partial charge in [0, 0.05) is 41.1 Å². The van der Waals surface area contributed by atoms with E-state index in [1.54, 1.807) is 40.1 Å². The van der Waals surface area contributed by atoms with Gasteiger partial charge in [-0.2, -0.15) is 20.3 Å². The fraction of sp³-hybridized carbons (Fsp3) is 0.125.